The standard InChI is InChI=1S/C12H22N2O2S/c1-8(2)11-12(16)14(7-10(15)13-11)6-5-9(3)17-4/h8-9,11H,5-7H2,1-4H3,(H,13,15). The van der Waals surface area contributed by atoms with Crippen molar-refractivity contribution >= 4 is 23.6 Å². The summed E-state index contributed by atoms with van der Waals surface area (Å²) in [6, 6.07) is -0.346. The first kappa shape index (κ1) is 14.4. The van der Waals surface area contributed by atoms with Gasteiger partial charge in [0.1, 0.15) is 6.04 Å². The molecule has 2 amide bonds. The lowest BCUT2D eigenvalue weighted by Gasteiger charge is -2.34. The average molecular weight is 258 g/mol. The second-order valence-electron chi connectivity index (χ2n) is 4.88. The molecule has 1 saturated heterocycles. The summed E-state index contributed by atoms with van der Waals surface area (Å²) in [5.74, 6) is 0.167. The van der Waals surface area contributed by atoms with E-state index in [0.29, 0.717) is 11.8 Å². The maximum absolute atomic E-state index is 12.1. The van der Waals surface area contributed by atoms with Crippen LogP contribution in [0.3, 0.4) is 0 Å². The quantitative estimate of drug-likeness (QED) is 0.803. The molecule has 0 bridgehead atoms. The number of hydrogen-bond donors (Lipinski definition) is 1. The maximum Gasteiger partial charge on any atom is 0.245 e. The van der Waals surface area contributed by atoms with Crippen molar-refractivity contribution in [2.24, 2.45) is 5.92 Å². The molecular formula is C12H22N2O2S. The van der Waals surface area contributed by atoms with Crippen LogP contribution in [0.15, 0.2) is 0 Å². The summed E-state index contributed by atoms with van der Waals surface area (Å²) in [6.07, 6.45) is 3.00. The second kappa shape index (κ2) is 6.28. The van der Waals surface area contributed by atoms with Crippen LogP contribution in [0.5, 0.6) is 0 Å². The van der Waals surface area contributed by atoms with E-state index in [4.69, 9.17) is 0 Å². The summed E-state index contributed by atoms with van der Waals surface area (Å²) in [5, 5.41) is 3.28. The van der Waals surface area contributed by atoms with Crippen LogP contribution in [0.2, 0.25) is 0 Å². The first-order valence-corrected chi connectivity index (χ1v) is 7.35. The van der Waals surface area contributed by atoms with Gasteiger partial charge in [0, 0.05) is 11.8 Å². The van der Waals surface area contributed by atoms with Crippen LogP contribution in [-0.2, 0) is 9.59 Å². The molecule has 0 aliphatic carbocycles. The molecule has 1 fully saturated rings. The van der Waals surface area contributed by atoms with Crippen molar-refractivity contribution in [1.29, 1.82) is 0 Å². The van der Waals surface area contributed by atoms with E-state index in [1.165, 1.54) is 0 Å². The van der Waals surface area contributed by atoms with Gasteiger partial charge in [-0.15, -0.1) is 0 Å². The lowest BCUT2D eigenvalue weighted by Crippen LogP contribution is -2.60. The van der Waals surface area contributed by atoms with Crippen molar-refractivity contribution < 1.29 is 9.59 Å². The molecular weight excluding hydrogens is 236 g/mol. The smallest absolute Gasteiger partial charge is 0.245 e. The van der Waals surface area contributed by atoms with Gasteiger partial charge in [-0.3, -0.25) is 9.59 Å². The Morgan fingerprint density at radius 1 is 1.41 bits per heavy atom. The summed E-state index contributed by atoms with van der Waals surface area (Å²) in [4.78, 5) is 25.3. The molecule has 0 aromatic carbocycles. The highest BCUT2D eigenvalue weighted by molar-refractivity contribution is 7.99. The van der Waals surface area contributed by atoms with E-state index in [2.05, 4.69) is 18.5 Å². The highest BCUT2D eigenvalue weighted by Crippen LogP contribution is 2.14. The molecule has 1 heterocycles. The molecule has 0 aromatic heterocycles. The molecule has 2 atom stereocenters. The molecule has 1 aliphatic heterocycles. The highest BCUT2D eigenvalue weighted by atomic mass is 32.2. The summed E-state index contributed by atoms with van der Waals surface area (Å²) < 4.78 is 0. The number of nitrogens with one attached hydrogen (secondary N) is 1. The van der Waals surface area contributed by atoms with Gasteiger partial charge in [-0.25, -0.2) is 0 Å². The Morgan fingerprint density at radius 3 is 2.59 bits per heavy atom. The number of rotatable bonds is 5. The van der Waals surface area contributed by atoms with Crippen molar-refractivity contribution in [3.63, 3.8) is 0 Å². The Balaban J connectivity index is 2.58. The van der Waals surface area contributed by atoms with E-state index in [-0.39, 0.29) is 30.3 Å². The third kappa shape index (κ3) is 3.91. The Bertz CT molecular complexity index is 294. The monoisotopic (exact) mass is 258 g/mol. The van der Waals surface area contributed by atoms with Crippen LogP contribution in [0.4, 0.5) is 0 Å². The minimum absolute atomic E-state index is 0.0416. The first-order valence-electron chi connectivity index (χ1n) is 6.06. The maximum atomic E-state index is 12.1. The summed E-state index contributed by atoms with van der Waals surface area (Å²) in [5.41, 5.74) is 0. The first-order chi connectivity index (χ1) is 7.95. The predicted octanol–water partition coefficient (Wildman–Crippen LogP) is 1.11. The number of hydrogen-bond acceptors (Lipinski definition) is 3. The molecule has 17 heavy (non-hydrogen) atoms. The fraction of sp³-hybridized carbons (Fsp3) is 0.833. The van der Waals surface area contributed by atoms with Crippen molar-refractivity contribution in [2.45, 2.75) is 38.5 Å². The van der Waals surface area contributed by atoms with Gasteiger partial charge in [0.15, 0.2) is 0 Å². The summed E-state index contributed by atoms with van der Waals surface area (Å²) in [7, 11) is 0. The molecule has 0 spiro atoms. The minimum atomic E-state index is -0.346. The third-order valence-electron chi connectivity index (χ3n) is 3.10. The Hall–Kier alpha value is -0.710. The van der Waals surface area contributed by atoms with Gasteiger partial charge in [-0.05, 0) is 18.6 Å². The van der Waals surface area contributed by atoms with E-state index in [9.17, 15) is 9.59 Å². The summed E-state index contributed by atoms with van der Waals surface area (Å²) in [6.45, 7) is 6.94. The molecule has 2 unspecified atom stereocenters. The summed E-state index contributed by atoms with van der Waals surface area (Å²) >= 11 is 1.78. The molecule has 0 aromatic rings. The Morgan fingerprint density at radius 2 is 2.06 bits per heavy atom. The van der Waals surface area contributed by atoms with Gasteiger partial charge < -0.3 is 10.2 Å². The van der Waals surface area contributed by atoms with Crippen molar-refractivity contribution in [1.82, 2.24) is 10.2 Å². The van der Waals surface area contributed by atoms with E-state index in [1.54, 1.807) is 16.7 Å². The molecule has 5 heteroatoms. The van der Waals surface area contributed by atoms with Gasteiger partial charge >= 0.3 is 0 Å². The number of carbonyl (C=O) groups excluding carboxylic acids is 2. The number of amides is 2. The molecule has 0 radical (unpaired) electrons. The van der Waals surface area contributed by atoms with E-state index >= 15 is 0 Å². The lowest BCUT2D eigenvalue weighted by molar-refractivity contribution is -0.145. The normalized spacial score (nSPS) is 22.9. The predicted molar refractivity (Wildman–Crippen MR) is 70.9 cm³/mol. The molecule has 1 N–H and O–H groups in total. The molecule has 0 saturated carbocycles. The van der Waals surface area contributed by atoms with E-state index < -0.39 is 0 Å². The van der Waals surface area contributed by atoms with Gasteiger partial charge in [-0.1, -0.05) is 20.8 Å². The molecule has 1 aliphatic rings. The minimum Gasteiger partial charge on any atom is -0.343 e. The van der Waals surface area contributed by atoms with Gasteiger partial charge in [-0.2, -0.15) is 11.8 Å². The SMILES string of the molecule is CSC(C)CCN1CC(=O)NC(C(C)C)C1=O. The molecule has 1 rings (SSSR count). The van der Waals surface area contributed by atoms with Crippen LogP contribution in [0, 0.1) is 5.92 Å². The second-order valence-corrected chi connectivity index (χ2v) is 6.16. The van der Waals surface area contributed by atoms with Gasteiger partial charge in [0.25, 0.3) is 0 Å². The highest BCUT2D eigenvalue weighted by Gasteiger charge is 2.34. The number of piperazine rings is 1. The lowest BCUT2D eigenvalue weighted by atomic mass is 10.0. The number of carbonyl (C=O) groups is 2. The zero-order valence-corrected chi connectivity index (χ0v) is 11.8. The van der Waals surface area contributed by atoms with E-state index in [1.807, 2.05) is 13.8 Å². The fourth-order valence-electron chi connectivity index (χ4n) is 1.83. The number of nitrogens with zero attached hydrogens (tertiary/aromatic N) is 1. The molecule has 98 valence electrons. The average Bonchev–Trinajstić information content (AvgIpc) is 2.28. The number of thioether (sulfide) groups is 1. The zero-order chi connectivity index (χ0) is 13.0. The zero-order valence-electron chi connectivity index (χ0n) is 11.0. The topological polar surface area (TPSA) is 49.4 Å². The third-order valence-corrected chi connectivity index (χ3v) is 4.14. The van der Waals surface area contributed by atoms with Crippen molar-refractivity contribution in [2.75, 3.05) is 19.3 Å². The Labute approximate surface area is 108 Å². The Kier molecular flexibility index (Phi) is 5.31. The van der Waals surface area contributed by atoms with Crippen molar-refractivity contribution in [3.8, 4) is 0 Å². The van der Waals surface area contributed by atoms with Crippen LogP contribution in [0.1, 0.15) is 27.2 Å². The van der Waals surface area contributed by atoms with Crippen LogP contribution >= 0.6 is 11.8 Å². The van der Waals surface area contributed by atoms with Crippen LogP contribution in [0.25, 0.3) is 0 Å². The van der Waals surface area contributed by atoms with Crippen molar-refractivity contribution in [3.05, 3.63) is 0 Å². The van der Waals surface area contributed by atoms with Crippen LogP contribution in [-0.4, -0.2) is 47.4 Å². The molecule has 4 nitrogen and oxygen atoms in total. The fourth-order valence-corrected chi connectivity index (χ4v) is 2.17. The van der Waals surface area contributed by atoms with Gasteiger partial charge in [0.05, 0.1) is 6.54 Å². The van der Waals surface area contributed by atoms with Crippen LogP contribution < -0.4 is 5.32 Å². The van der Waals surface area contributed by atoms with E-state index in [0.717, 1.165) is 6.42 Å². The largest absolute Gasteiger partial charge is 0.343 e. The van der Waals surface area contributed by atoms with Gasteiger partial charge in [0.2, 0.25) is 11.8 Å².